The number of nitrogen functional groups attached to an aromatic ring is 1. The second-order valence-corrected chi connectivity index (χ2v) is 6.21. The Morgan fingerprint density at radius 2 is 2.10 bits per heavy atom. The van der Waals surface area contributed by atoms with Crippen molar-refractivity contribution >= 4 is 17.4 Å². The molecule has 0 spiro atoms. The molecule has 3 rings (SSSR count). The predicted octanol–water partition coefficient (Wildman–Crippen LogP) is 4.01. The van der Waals surface area contributed by atoms with E-state index in [9.17, 15) is 4.39 Å². The molecular weight excluding hydrogens is 273 g/mol. The standard InChI is InChI=1S/C15H18FN3S/c16-11-5-6-14(17)15(9-11)20-10-12-7-8-19(18-12)13-3-1-2-4-13/h5-9,13H,1-4,10,17H2. The van der Waals surface area contributed by atoms with Crippen molar-refractivity contribution in [2.45, 2.75) is 42.4 Å². The van der Waals surface area contributed by atoms with E-state index in [0.29, 0.717) is 17.5 Å². The number of nitrogens with two attached hydrogens (primary N) is 1. The Hall–Kier alpha value is -1.49. The molecule has 5 heteroatoms. The van der Waals surface area contributed by atoms with Crippen molar-refractivity contribution in [3.63, 3.8) is 0 Å². The molecule has 0 saturated heterocycles. The third-order valence-corrected chi connectivity index (χ3v) is 4.82. The highest BCUT2D eigenvalue weighted by Crippen LogP contribution is 2.31. The Balaban J connectivity index is 1.64. The summed E-state index contributed by atoms with van der Waals surface area (Å²) in [4.78, 5) is 0.778. The lowest BCUT2D eigenvalue weighted by Crippen LogP contribution is -2.05. The summed E-state index contributed by atoms with van der Waals surface area (Å²) in [6.45, 7) is 0. The Morgan fingerprint density at radius 1 is 1.30 bits per heavy atom. The SMILES string of the molecule is Nc1ccc(F)cc1SCc1ccn(C2CCCC2)n1. The normalized spacial score (nSPS) is 15.8. The summed E-state index contributed by atoms with van der Waals surface area (Å²) in [5, 5.41) is 4.62. The maximum atomic E-state index is 13.2. The molecule has 2 aromatic rings. The van der Waals surface area contributed by atoms with Crippen molar-refractivity contribution in [1.29, 1.82) is 0 Å². The fraction of sp³-hybridized carbons (Fsp3) is 0.400. The van der Waals surface area contributed by atoms with E-state index in [1.54, 1.807) is 6.07 Å². The first kappa shape index (κ1) is 13.5. The van der Waals surface area contributed by atoms with E-state index < -0.39 is 0 Å². The summed E-state index contributed by atoms with van der Waals surface area (Å²) in [5.74, 6) is 0.464. The van der Waals surface area contributed by atoms with E-state index in [1.165, 1.54) is 49.6 Å². The first-order chi connectivity index (χ1) is 9.72. The number of thioether (sulfide) groups is 1. The molecule has 1 fully saturated rings. The number of benzene rings is 1. The molecule has 0 unspecified atom stereocenters. The number of hydrogen-bond acceptors (Lipinski definition) is 3. The Morgan fingerprint density at radius 3 is 2.90 bits per heavy atom. The molecule has 0 atom stereocenters. The summed E-state index contributed by atoms with van der Waals surface area (Å²) in [5.41, 5.74) is 7.48. The number of nitrogens with zero attached hydrogens (tertiary/aromatic N) is 2. The molecule has 0 amide bonds. The van der Waals surface area contributed by atoms with E-state index in [-0.39, 0.29) is 5.82 Å². The summed E-state index contributed by atoms with van der Waals surface area (Å²) < 4.78 is 15.3. The fourth-order valence-electron chi connectivity index (χ4n) is 2.61. The summed E-state index contributed by atoms with van der Waals surface area (Å²) in [6, 6.07) is 7.07. The third-order valence-electron chi connectivity index (χ3n) is 3.71. The Bertz CT molecular complexity index is 591. The van der Waals surface area contributed by atoms with Crippen LogP contribution in [0, 0.1) is 5.82 Å². The number of hydrogen-bond donors (Lipinski definition) is 1. The average molecular weight is 291 g/mol. The van der Waals surface area contributed by atoms with Gasteiger partial charge in [0.2, 0.25) is 0 Å². The second kappa shape index (κ2) is 5.87. The molecule has 20 heavy (non-hydrogen) atoms. The number of rotatable bonds is 4. The predicted molar refractivity (Wildman–Crippen MR) is 80.1 cm³/mol. The molecule has 1 heterocycles. The third kappa shape index (κ3) is 2.98. The van der Waals surface area contributed by atoms with Gasteiger partial charge in [-0.1, -0.05) is 12.8 Å². The van der Waals surface area contributed by atoms with Crippen LogP contribution < -0.4 is 5.73 Å². The minimum absolute atomic E-state index is 0.252. The van der Waals surface area contributed by atoms with E-state index in [4.69, 9.17) is 5.73 Å². The zero-order chi connectivity index (χ0) is 13.9. The molecule has 0 bridgehead atoms. The van der Waals surface area contributed by atoms with Crippen LogP contribution in [-0.4, -0.2) is 9.78 Å². The van der Waals surface area contributed by atoms with Crippen LogP contribution in [0.2, 0.25) is 0 Å². The quantitative estimate of drug-likeness (QED) is 0.683. The van der Waals surface area contributed by atoms with Gasteiger partial charge in [0.05, 0.1) is 11.7 Å². The lowest BCUT2D eigenvalue weighted by atomic mass is 10.3. The van der Waals surface area contributed by atoms with Crippen molar-refractivity contribution in [2.75, 3.05) is 5.73 Å². The van der Waals surface area contributed by atoms with Crippen LogP contribution in [0.3, 0.4) is 0 Å². The molecule has 1 aliphatic rings. The monoisotopic (exact) mass is 291 g/mol. The topological polar surface area (TPSA) is 43.8 Å². The van der Waals surface area contributed by atoms with Crippen LogP contribution in [-0.2, 0) is 5.75 Å². The largest absolute Gasteiger partial charge is 0.398 e. The first-order valence-electron chi connectivity index (χ1n) is 6.94. The van der Waals surface area contributed by atoms with Crippen molar-refractivity contribution in [3.05, 3.63) is 42.0 Å². The number of aromatic nitrogens is 2. The van der Waals surface area contributed by atoms with Crippen LogP contribution in [0.5, 0.6) is 0 Å². The van der Waals surface area contributed by atoms with Crippen LogP contribution in [0.1, 0.15) is 37.4 Å². The van der Waals surface area contributed by atoms with E-state index in [1.807, 2.05) is 6.07 Å². The number of halogens is 1. The van der Waals surface area contributed by atoms with Gasteiger partial charge in [-0.2, -0.15) is 5.10 Å². The van der Waals surface area contributed by atoms with Gasteiger partial charge in [0, 0.05) is 22.5 Å². The zero-order valence-electron chi connectivity index (χ0n) is 11.3. The fourth-order valence-corrected chi connectivity index (χ4v) is 3.50. The minimum atomic E-state index is -0.252. The van der Waals surface area contributed by atoms with Crippen molar-refractivity contribution in [2.24, 2.45) is 0 Å². The van der Waals surface area contributed by atoms with Gasteiger partial charge in [-0.25, -0.2) is 4.39 Å². The molecule has 1 saturated carbocycles. The van der Waals surface area contributed by atoms with Gasteiger partial charge in [0.1, 0.15) is 5.82 Å². The molecule has 1 aliphatic carbocycles. The van der Waals surface area contributed by atoms with E-state index >= 15 is 0 Å². The second-order valence-electron chi connectivity index (χ2n) is 5.20. The van der Waals surface area contributed by atoms with Gasteiger partial charge >= 0.3 is 0 Å². The zero-order valence-corrected chi connectivity index (χ0v) is 12.1. The van der Waals surface area contributed by atoms with Crippen LogP contribution in [0.15, 0.2) is 35.4 Å². The Kier molecular flexibility index (Phi) is 3.96. The molecular formula is C15H18FN3S. The highest BCUT2D eigenvalue weighted by atomic mass is 32.2. The molecule has 1 aromatic heterocycles. The van der Waals surface area contributed by atoms with Gasteiger partial charge in [-0.05, 0) is 37.1 Å². The van der Waals surface area contributed by atoms with Crippen LogP contribution in [0.4, 0.5) is 10.1 Å². The van der Waals surface area contributed by atoms with Gasteiger partial charge in [0.15, 0.2) is 0 Å². The van der Waals surface area contributed by atoms with Gasteiger partial charge in [0.25, 0.3) is 0 Å². The van der Waals surface area contributed by atoms with Gasteiger partial charge in [-0.15, -0.1) is 11.8 Å². The van der Waals surface area contributed by atoms with Gasteiger partial charge < -0.3 is 5.73 Å². The van der Waals surface area contributed by atoms with Crippen LogP contribution in [0.25, 0.3) is 0 Å². The summed E-state index contributed by atoms with van der Waals surface area (Å²) in [6.07, 6.45) is 7.11. The first-order valence-corrected chi connectivity index (χ1v) is 7.93. The van der Waals surface area contributed by atoms with E-state index in [0.717, 1.165) is 10.6 Å². The lowest BCUT2D eigenvalue weighted by molar-refractivity contribution is 0.464. The Labute approximate surface area is 122 Å². The maximum absolute atomic E-state index is 13.2. The highest BCUT2D eigenvalue weighted by Gasteiger charge is 2.17. The summed E-state index contributed by atoms with van der Waals surface area (Å²) in [7, 11) is 0. The lowest BCUT2D eigenvalue weighted by Gasteiger charge is -2.09. The van der Waals surface area contributed by atoms with Crippen molar-refractivity contribution < 1.29 is 4.39 Å². The molecule has 1 aromatic carbocycles. The minimum Gasteiger partial charge on any atom is -0.398 e. The number of anilines is 1. The molecule has 3 nitrogen and oxygen atoms in total. The molecule has 106 valence electrons. The maximum Gasteiger partial charge on any atom is 0.124 e. The van der Waals surface area contributed by atoms with Crippen molar-refractivity contribution in [1.82, 2.24) is 9.78 Å². The molecule has 0 radical (unpaired) electrons. The molecule has 2 N–H and O–H groups in total. The highest BCUT2D eigenvalue weighted by molar-refractivity contribution is 7.98. The average Bonchev–Trinajstić information content (AvgIpc) is 3.09. The van der Waals surface area contributed by atoms with Crippen molar-refractivity contribution in [3.8, 4) is 0 Å². The van der Waals surface area contributed by atoms with Crippen LogP contribution >= 0.6 is 11.8 Å². The van der Waals surface area contributed by atoms with E-state index in [2.05, 4.69) is 16.0 Å². The smallest absolute Gasteiger partial charge is 0.124 e. The van der Waals surface area contributed by atoms with Gasteiger partial charge in [-0.3, -0.25) is 4.68 Å². The molecule has 0 aliphatic heterocycles. The summed E-state index contributed by atoms with van der Waals surface area (Å²) >= 11 is 1.53.